The van der Waals surface area contributed by atoms with Gasteiger partial charge in [-0.25, -0.2) is 0 Å². The number of carbonyl (C=O) groups excluding carboxylic acids is 1. The third kappa shape index (κ3) is 3.60. The second-order valence-electron chi connectivity index (χ2n) is 4.79. The van der Waals surface area contributed by atoms with Crippen molar-refractivity contribution in [2.45, 2.75) is 6.04 Å². The van der Waals surface area contributed by atoms with Gasteiger partial charge < -0.3 is 4.90 Å². The van der Waals surface area contributed by atoms with Gasteiger partial charge in [0.1, 0.15) is 6.04 Å². The number of hydrogen-bond donors (Lipinski definition) is 0. The molecule has 0 saturated heterocycles. The van der Waals surface area contributed by atoms with Crippen LogP contribution in [0, 0.1) is 0 Å². The van der Waals surface area contributed by atoms with Crippen LogP contribution in [0.1, 0.15) is 16.4 Å². The predicted molar refractivity (Wildman–Crippen MR) is 80.6 cm³/mol. The molecule has 0 saturated carbocycles. The normalized spacial score (nSPS) is 12.7. The Bertz CT molecular complexity index is 593. The number of ketones is 1. The zero-order valence-corrected chi connectivity index (χ0v) is 12.8. The highest BCUT2D eigenvalue weighted by Gasteiger charge is 2.23. The first-order chi connectivity index (χ1) is 9.47. The highest BCUT2D eigenvalue weighted by molar-refractivity contribution is 6.30. The van der Waals surface area contributed by atoms with Gasteiger partial charge in [-0.05, 0) is 38.4 Å². The van der Waals surface area contributed by atoms with Gasteiger partial charge in [0.15, 0.2) is 5.78 Å². The fourth-order valence-corrected chi connectivity index (χ4v) is 2.19. The number of halogens is 2. The molecular formula is C14H15Cl2N3O. The van der Waals surface area contributed by atoms with Gasteiger partial charge in [0, 0.05) is 23.3 Å². The molecule has 4 nitrogen and oxygen atoms in total. The monoisotopic (exact) mass is 311 g/mol. The molecule has 0 radical (unpaired) electrons. The molecule has 106 valence electrons. The van der Waals surface area contributed by atoms with E-state index < -0.39 is 6.04 Å². The molecule has 2 aromatic rings. The van der Waals surface area contributed by atoms with Gasteiger partial charge >= 0.3 is 0 Å². The summed E-state index contributed by atoms with van der Waals surface area (Å²) < 4.78 is 1.60. The van der Waals surface area contributed by atoms with Gasteiger partial charge in [0.05, 0.1) is 11.2 Å². The first kappa shape index (κ1) is 15.0. The third-order valence-corrected chi connectivity index (χ3v) is 3.31. The number of hydrogen-bond acceptors (Lipinski definition) is 3. The molecular weight excluding hydrogens is 297 g/mol. The Labute approximate surface area is 127 Å². The van der Waals surface area contributed by atoms with Crippen molar-refractivity contribution in [2.75, 3.05) is 20.6 Å². The quantitative estimate of drug-likeness (QED) is 0.796. The molecule has 1 aromatic heterocycles. The van der Waals surface area contributed by atoms with Crippen LogP contribution in [0.4, 0.5) is 0 Å². The minimum atomic E-state index is -0.418. The lowest BCUT2D eigenvalue weighted by atomic mass is 10.0. The number of nitrogens with zero attached hydrogens (tertiary/aromatic N) is 3. The molecule has 0 aliphatic heterocycles. The zero-order valence-electron chi connectivity index (χ0n) is 11.3. The second kappa shape index (κ2) is 6.39. The zero-order chi connectivity index (χ0) is 14.7. The van der Waals surface area contributed by atoms with Crippen molar-refractivity contribution in [1.29, 1.82) is 0 Å². The average molecular weight is 312 g/mol. The molecule has 1 heterocycles. The molecule has 1 aromatic carbocycles. The standard InChI is InChI=1S/C14H15Cl2N3O/c1-18(2)9-13(19-8-12(16)7-17-19)14(20)10-3-5-11(15)6-4-10/h3-8,13H,9H2,1-2H3. The summed E-state index contributed by atoms with van der Waals surface area (Å²) in [5.74, 6) is -0.0184. The van der Waals surface area contributed by atoms with E-state index in [2.05, 4.69) is 5.10 Å². The van der Waals surface area contributed by atoms with Crippen LogP contribution < -0.4 is 0 Å². The Morgan fingerprint density at radius 1 is 1.25 bits per heavy atom. The molecule has 0 bridgehead atoms. The molecule has 20 heavy (non-hydrogen) atoms. The van der Waals surface area contributed by atoms with E-state index in [0.717, 1.165) is 0 Å². The van der Waals surface area contributed by atoms with Gasteiger partial charge in [-0.2, -0.15) is 5.10 Å². The van der Waals surface area contributed by atoms with Crippen LogP contribution in [0.25, 0.3) is 0 Å². The molecule has 1 unspecified atom stereocenters. The first-order valence-corrected chi connectivity index (χ1v) is 6.87. The number of likely N-dealkylation sites (N-methyl/N-ethyl adjacent to an activating group) is 1. The largest absolute Gasteiger partial charge is 0.307 e. The smallest absolute Gasteiger partial charge is 0.188 e. The summed E-state index contributed by atoms with van der Waals surface area (Å²) >= 11 is 11.7. The van der Waals surface area contributed by atoms with E-state index in [0.29, 0.717) is 22.2 Å². The van der Waals surface area contributed by atoms with Crippen LogP contribution in [-0.4, -0.2) is 41.1 Å². The lowest BCUT2D eigenvalue weighted by Crippen LogP contribution is -2.31. The van der Waals surface area contributed by atoms with Gasteiger partial charge in [-0.15, -0.1) is 0 Å². The Kier molecular flexibility index (Phi) is 4.81. The van der Waals surface area contributed by atoms with Crippen molar-refractivity contribution < 1.29 is 4.79 Å². The first-order valence-electron chi connectivity index (χ1n) is 6.11. The van der Waals surface area contributed by atoms with Crippen molar-refractivity contribution in [1.82, 2.24) is 14.7 Å². The maximum Gasteiger partial charge on any atom is 0.188 e. The third-order valence-electron chi connectivity index (χ3n) is 2.86. The Morgan fingerprint density at radius 2 is 1.90 bits per heavy atom. The van der Waals surface area contributed by atoms with E-state index in [1.807, 2.05) is 19.0 Å². The second-order valence-corrected chi connectivity index (χ2v) is 5.66. The van der Waals surface area contributed by atoms with Crippen molar-refractivity contribution in [3.05, 3.63) is 52.3 Å². The Balaban J connectivity index is 2.31. The van der Waals surface area contributed by atoms with Crippen LogP contribution in [0.15, 0.2) is 36.7 Å². The molecule has 0 aliphatic carbocycles. The summed E-state index contributed by atoms with van der Waals surface area (Å²) in [7, 11) is 3.82. The van der Waals surface area contributed by atoms with E-state index in [4.69, 9.17) is 23.2 Å². The maximum atomic E-state index is 12.6. The van der Waals surface area contributed by atoms with Gasteiger partial charge in [0.2, 0.25) is 0 Å². The van der Waals surface area contributed by atoms with E-state index in [9.17, 15) is 4.79 Å². The van der Waals surface area contributed by atoms with Crippen LogP contribution in [-0.2, 0) is 0 Å². The van der Waals surface area contributed by atoms with Crippen LogP contribution >= 0.6 is 23.2 Å². The van der Waals surface area contributed by atoms with Gasteiger partial charge in [-0.3, -0.25) is 9.48 Å². The molecule has 2 rings (SSSR count). The minimum Gasteiger partial charge on any atom is -0.307 e. The highest BCUT2D eigenvalue weighted by atomic mass is 35.5. The molecule has 1 atom stereocenters. The summed E-state index contributed by atoms with van der Waals surface area (Å²) in [6.45, 7) is 0.541. The van der Waals surface area contributed by atoms with E-state index in [1.54, 1.807) is 35.1 Å². The summed E-state index contributed by atoms with van der Waals surface area (Å²) in [6, 6.07) is 6.44. The van der Waals surface area contributed by atoms with Crippen molar-refractivity contribution in [3.63, 3.8) is 0 Å². The number of benzene rings is 1. The summed E-state index contributed by atoms with van der Waals surface area (Å²) in [6.07, 6.45) is 3.18. The summed E-state index contributed by atoms with van der Waals surface area (Å²) in [4.78, 5) is 14.6. The fraction of sp³-hybridized carbons (Fsp3) is 0.286. The molecule has 0 amide bonds. The summed E-state index contributed by atoms with van der Waals surface area (Å²) in [5, 5.41) is 5.26. The lowest BCUT2D eigenvalue weighted by molar-refractivity contribution is 0.0895. The van der Waals surface area contributed by atoms with Crippen molar-refractivity contribution in [2.24, 2.45) is 0 Å². The van der Waals surface area contributed by atoms with Crippen LogP contribution in [0.2, 0.25) is 10.0 Å². The number of Topliss-reactive ketones (excluding diaryl/α,β-unsaturated/α-hetero) is 1. The van der Waals surface area contributed by atoms with E-state index in [1.165, 1.54) is 6.20 Å². The number of rotatable bonds is 5. The van der Waals surface area contributed by atoms with Crippen LogP contribution in [0.5, 0.6) is 0 Å². The topological polar surface area (TPSA) is 38.1 Å². The molecule has 0 fully saturated rings. The SMILES string of the molecule is CN(C)CC(C(=O)c1ccc(Cl)cc1)n1cc(Cl)cn1. The average Bonchev–Trinajstić information content (AvgIpc) is 2.82. The maximum absolute atomic E-state index is 12.6. The fourth-order valence-electron chi connectivity index (χ4n) is 1.92. The van der Waals surface area contributed by atoms with Crippen molar-refractivity contribution in [3.8, 4) is 0 Å². The molecule has 0 N–H and O–H groups in total. The summed E-state index contributed by atoms with van der Waals surface area (Å²) in [5.41, 5.74) is 0.605. The Hall–Kier alpha value is -1.36. The van der Waals surface area contributed by atoms with Crippen molar-refractivity contribution >= 4 is 29.0 Å². The lowest BCUT2D eigenvalue weighted by Gasteiger charge is -2.20. The highest BCUT2D eigenvalue weighted by Crippen LogP contribution is 2.19. The van der Waals surface area contributed by atoms with E-state index >= 15 is 0 Å². The number of carbonyl (C=O) groups is 1. The predicted octanol–water partition coefficient (Wildman–Crippen LogP) is 3.18. The van der Waals surface area contributed by atoms with E-state index in [-0.39, 0.29) is 5.78 Å². The molecule has 6 heteroatoms. The number of aromatic nitrogens is 2. The molecule has 0 spiro atoms. The van der Waals surface area contributed by atoms with Gasteiger partial charge in [-0.1, -0.05) is 23.2 Å². The molecule has 0 aliphatic rings. The minimum absolute atomic E-state index is 0.0184. The van der Waals surface area contributed by atoms with Gasteiger partial charge in [0.25, 0.3) is 0 Å². The van der Waals surface area contributed by atoms with Crippen LogP contribution in [0.3, 0.4) is 0 Å². The Morgan fingerprint density at radius 3 is 2.40 bits per heavy atom.